The fraction of sp³-hybridized carbons (Fsp3) is 0.682. The monoisotopic (exact) mass is 743 g/mol. The van der Waals surface area contributed by atoms with Gasteiger partial charge < -0.3 is 34.1 Å². The molecule has 9 nitrogen and oxygen atoms in total. The predicted octanol–water partition coefficient (Wildman–Crippen LogP) is 10.0. The summed E-state index contributed by atoms with van der Waals surface area (Å²) >= 11 is 0. The minimum absolute atomic E-state index is 0.123. The van der Waals surface area contributed by atoms with Crippen LogP contribution >= 0.6 is 0 Å². The van der Waals surface area contributed by atoms with Gasteiger partial charge in [0.2, 0.25) is 0 Å². The minimum atomic E-state index is -0.492. The van der Waals surface area contributed by atoms with Gasteiger partial charge >= 0.3 is 0 Å². The van der Waals surface area contributed by atoms with Gasteiger partial charge in [-0.25, -0.2) is 9.48 Å². The second-order valence-corrected chi connectivity index (χ2v) is 19.9. The maximum Gasteiger partial charge on any atom is 0.189 e. The molecule has 0 saturated carbocycles. The Labute approximate surface area is 322 Å². The molecule has 0 unspecified atom stereocenters. The number of nitrogens with zero attached hydrogens (tertiary/aromatic N) is 2. The summed E-state index contributed by atoms with van der Waals surface area (Å²) in [5, 5.41) is 24.9. The number of benzene rings is 2. The van der Waals surface area contributed by atoms with Crippen LogP contribution in [0.4, 0.5) is 0 Å². The van der Waals surface area contributed by atoms with Gasteiger partial charge in [-0.3, -0.25) is 0 Å². The zero-order valence-electron chi connectivity index (χ0n) is 37.0. The third kappa shape index (κ3) is 15.3. The first-order chi connectivity index (χ1) is 23.8. The molecule has 53 heavy (non-hydrogen) atoms. The molecule has 0 fully saturated rings. The number of hydroxylamine groups is 2. The molecule has 0 atom stereocenters. The third-order valence-corrected chi connectivity index (χ3v) is 8.35. The smallest absolute Gasteiger partial charge is 0.189 e. The van der Waals surface area contributed by atoms with Gasteiger partial charge in [0.15, 0.2) is 37.1 Å². The van der Waals surface area contributed by atoms with Crippen LogP contribution in [-0.4, -0.2) is 74.0 Å². The molecule has 0 N–H and O–H groups in total. The summed E-state index contributed by atoms with van der Waals surface area (Å²) in [5.74, 6) is 1.69. The highest BCUT2D eigenvalue weighted by Crippen LogP contribution is 2.42. The van der Waals surface area contributed by atoms with Gasteiger partial charge in [-0.05, 0) is 45.9 Å². The molecule has 302 valence electrons. The van der Waals surface area contributed by atoms with E-state index in [1.807, 2.05) is 41.5 Å². The van der Waals surface area contributed by atoms with Crippen LogP contribution < -0.4 is 9.47 Å². The van der Waals surface area contributed by atoms with E-state index in [2.05, 4.69) is 107 Å². The van der Waals surface area contributed by atoms with Crippen LogP contribution in [0.3, 0.4) is 0 Å². The molecule has 0 amide bonds. The largest absolute Gasteiger partial charge is 0.623 e. The van der Waals surface area contributed by atoms with Gasteiger partial charge in [0.1, 0.15) is 11.5 Å². The molecule has 0 aliphatic heterocycles. The second kappa shape index (κ2) is 18.5. The molecule has 2 rings (SSSR count). The van der Waals surface area contributed by atoms with Crippen molar-refractivity contribution in [2.75, 3.05) is 41.0 Å². The Morgan fingerprint density at radius 3 is 1.02 bits per heavy atom. The van der Waals surface area contributed by atoms with Crippen LogP contribution in [0.15, 0.2) is 24.3 Å². The first-order valence-corrected chi connectivity index (χ1v) is 18.7. The molecule has 0 aliphatic carbocycles. The molecule has 2 aromatic rings. The van der Waals surface area contributed by atoms with Crippen molar-refractivity contribution in [1.29, 1.82) is 0 Å². The average molecular weight is 743 g/mol. The summed E-state index contributed by atoms with van der Waals surface area (Å²) < 4.78 is 29.8. The zero-order valence-corrected chi connectivity index (χ0v) is 37.0. The number of rotatable bonds is 11. The molecular formula is C44H74N2O7. The first-order valence-electron chi connectivity index (χ1n) is 18.7. The lowest BCUT2D eigenvalue weighted by molar-refractivity contribution is -0.530. The summed E-state index contributed by atoms with van der Waals surface area (Å²) in [7, 11) is 3.26. The molecule has 0 bridgehead atoms. The molecule has 9 heteroatoms. The van der Waals surface area contributed by atoms with E-state index >= 15 is 0 Å². The normalized spacial score (nSPS) is 13.8. The summed E-state index contributed by atoms with van der Waals surface area (Å²) in [6.45, 7) is 38.6. The summed E-state index contributed by atoms with van der Waals surface area (Å²) in [6, 6.07) is 8.21. The van der Waals surface area contributed by atoms with Crippen molar-refractivity contribution in [2.24, 2.45) is 0 Å². The van der Waals surface area contributed by atoms with E-state index in [9.17, 15) is 10.4 Å². The molecule has 0 saturated heterocycles. The fourth-order valence-corrected chi connectivity index (χ4v) is 5.07. The average Bonchev–Trinajstić information content (AvgIpc) is 2.97. The Hall–Kier alpha value is -3.14. The Balaban J connectivity index is 0.000000533. The highest BCUT2D eigenvalue weighted by Gasteiger charge is 2.30. The van der Waals surface area contributed by atoms with E-state index in [1.54, 1.807) is 26.6 Å². The lowest BCUT2D eigenvalue weighted by Crippen LogP contribution is -2.29. The molecule has 0 spiro atoms. The van der Waals surface area contributed by atoms with Crippen molar-refractivity contribution < 1.29 is 33.2 Å². The summed E-state index contributed by atoms with van der Waals surface area (Å²) in [6.07, 6.45) is 3.34. The Morgan fingerprint density at radius 2 is 0.774 bits per heavy atom. The fourth-order valence-electron chi connectivity index (χ4n) is 5.07. The quantitative estimate of drug-likeness (QED) is 0.0565. The van der Waals surface area contributed by atoms with E-state index in [-0.39, 0.29) is 35.2 Å². The van der Waals surface area contributed by atoms with E-state index in [0.717, 1.165) is 54.4 Å². The van der Waals surface area contributed by atoms with Crippen LogP contribution in [0, 0.1) is 10.4 Å². The molecule has 0 heterocycles. The van der Waals surface area contributed by atoms with E-state index in [4.69, 9.17) is 23.7 Å². The van der Waals surface area contributed by atoms with Gasteiger partial charge in [0, 0.05) is 89.1 Å². The molecule has 0 radical (unpaired) electrons. The van der Waals surface area contributed by atoms with Crippen LogP contribution in [-0.2, 0) is 35.9 Å². The number of hydrogen-bond acceptors (Lipinski definition) is 7. The summed E-state index contributed by atoms with van der Waals surface area (Å²) in [4.78, 5) is 0. The Morgan fingerprint density at radius 1 is 0.472 bits per heavy atom. The van der Waals surface area contributed by atoms with Crippen molar-refractivity contribution in [2.45, 2.75) is 157 Å². The maximum atomic E-state index is 12.5. The minimum Gasteiger partial charge on any atom is -0.623 e. The predicted molar refractivity (Wildman–Crippen MR) is 221 cm³/mol. The van der Waals surface area contributed by atoms with E-state index in [1.165, 1.54) is 0 Å². The Bertz CT molecular complexity index is 1460. The maximum absolute atomic E-state index is 12.5. The molecule has 2 aromatic carbocycles. The van der Waals surface area contributed by atoms with Crippen molar-refractivity contribution in [1.82, 2.24) is 0 Å². The van der Waals surface area contributed by atoms with Crippen molar-refractivity contribution in [3.8, 4) is 11.5 Å². The van der Waals surface area contributed by atoms with Gasteiger partial charge in [0.05, 0.1) is 13.2 Å². The van der Waals surface area contributed by atoms with E-state index < -0.39 is 11.1 Å². The second-order valence-electron chi connectivity index (χ2n) is 19.9. The van der Waals surface area contributed by atoms with Crippen molar-refractivity contribution in [3.63, 3.8) is 0 Å². The zero-order chi connectivity index (χ0) is 41.4. The SMILES string of the molecule is COCCOCOc1c(C(C)(C)C)cc(C=[N+]([O-])C(C)(C)C)cc1C(C)(C)C.COCOc1c(C(C)(C)C)cc(C=[N+]([O-])C(C)(C)C)cc1C(C)(C)C. The lowest BCUT2D eigenvalue weighted by Gasteiger charge is -2.30. The van der Waals surface area contributed by atoms with E-state index in [0.29, 0.717) is 13.2 Å². The molecule has 0 aliphatic rings. The van der Waals surface area contributed by atoms with Crippen molar-refractivity contribution in [3.05, 3.63) is 68.1 Å². The first kappa shape index (κ1) is 47.9. The number of methoxy groups -OCH3 is 2. The highest BCUT2D eigenvalue weighted by atomic mass is 16.7. The topological polar surface area (TPSA) is 98.3 Å². The number of ether oxygens (including phenoxy) is 5. The van der Waals surface area contributed by atoms with Gasteiger partial charge in [-0.2, -0.15) is 0 Å². The van der Waals surface area contributed by atoms with Crippen LogP contribution in [0.25, 0.3) is 0 Å². The van der Waals surface area contributed by atoms with Crippen molar-refractivity contribution >= 4 is 12.4 Å². The molecule has 0 aromatic heterocycles. The van der Waals surface area contributed by atoms with Crippen LogP contribution in [0.2, 0.25) is 0 Å². The van der Waals surface area contributed by atoms with Gasteiger partial charge in [-0.1, -0.05) is 83.1 Å². The van der Waals surface area contributed by atoms with Crippen LogP contribution in [0.1, 0.15) is 158 Å². The van der Waals surface area contributed by atoms with Gasteiger partial charge in [-0.15, -0.1) is 0 Å². The summed E-state index contributed by atoms with van der Waals surface area (Å²) in [5.41, 5.74) is 4.52. The highest BCUT2D eigenvalue weighted by molar-refractivity contribution is 5.79. The van der Waals surface area contributed by atoms with Crippen LogP contribution in [0.5, 0.6) is 11.5 Å². The third-order valence-electron chi connectivity index (χ3n) is 8.35. The Kier molecular flexibility index (Phi) is 16.7. The standard InChI is InChI=1S/C23H39NO4.C21H35NO3/c1-21(2,3)18-13-17(15-24(25)23(7,8)9)14-19(22(4,5)6)20(18)28-16-27-12-11-26-10;1-19(2,3)16-11-15(13-22(23)21(7,8)9)12-17(20(4,5)6)18(16)25-14-24-10/h13-15H,11-12,16H2,1-10H3;11-13H,14H2,1-10H3. The molecular weight excluding hydrogens is 668 g/mol. The number of hydrogen-bond donors (Lipinski definition) is 0. The van der Waals surface area contributed by atoms with Gasteiger partial charge in [0.25, 0.3) is 0 Å². The lowest BCUT2D eigenvalue weighted by atomic mass is 9.78.